The van der Waals surface area contributed by atoms with Gasteiger partial charge in [-0.1, -0.05) is 6.92 Å². The Labute approximate surface area is 123 Å². The maximum Gasteiger partial charge on any atom is 0.223 e. The van der Waals surface area contributed by atoms with E-state index in [1.54, 1.807) is 13.0 Å². The number of aryl methyl sites for hydroxylation is 1. The minimum absolute atomic E-state index is 0.292. The quantitative estimate of drug-likeness (QED) is 0.818. The molecule has 5 heteroatoms. The molecule has 0 bridgehead atoms. The smallest absolute Gasteiger partial charge is 0.223 e. The Bertz CT molecular complexity index is 617. The van der Waals surface area contributed by atoms with Crippen molar-refractivity contribution in [2.24, 2.45) is 0 Å². The summed E-state index contributed by atoms with van der Waals surface area (Å²) >= 11 is 0. The van der Waals surface area contributed by atoms with Crippen molar-refractivity contribution >= 4 is 0 Å². The average Bonchev–Trinajstić information content (AvgIpc) is 2.46. The van der Waals surface area contributed by atoms with Crippen LogP contribution in [-0.4, -0.2) is 11.5 Å². The normalized spacial score (nSPS) is 10.7. The van der Waals surface area contributed by atoms with Gasteiger partial charge in [0.1, 0.15) is 17.4 Å². The lowest BCUT2D eigenvalue weighted by molar-refractivity contribution is 0.446. The lowest BCUT2D eigenvalue weighted by atomic mass is 10.2. The van der Waals surface area contributed by atoms with Crippen LogP contribution < -0.4 is 10.1 Å². The summed E-state index contributed by atoms with van der Waals surface area (Å²) < 4.78 is 32.2. The minimum Gasteiger partial charge on any atom is -0.439 e. The number of aromatic nitrogens is 1. The summed E-state index contributed by atoms with van der Waals surface area (Å²) in [5, 5.41) is 3.18. The molecule has 1 aromatic heterocycles. The van der Waals surface area contributed by atoms with Gasteiger partial charge in [0.05, 0.1) is 6.20 Å². The molecule has 0 unspecified atom stereocenters. The van der Waals surface area contributed by atoms with Gasteiger partial charge in [0.2, 0.25) is 5.88 Å². The van der Waals surface area contributed by atoms with E-state index >= 15 is 0 Å². The molecular weight excluding hydrogens is 274 g/mol. The highest BCUT2D eigenvalue weighted by Gasteiger charge is 2.09. The predicted octanol–water partition coefficient (Wildman–Crippen LogP) is 3.96. The van der Waals surface area contributed by atoms with Crippen LogP contribution in [0.2, 0.25) is 0 Å². The molecule has 112 valence electrons. The first-order valence-corrected chi connectivity index (χ1v) is 6.89. The van der Waals surface area contributed by atoms with Crippen molar-refractivity contribution in [3.8, 4) is 11.6 Å². The van der Waals surface area contributed by atoms with Crippen LogP contribution >= 0.6 is 0 Å². The third-order valence-corrected chi connectivity index (χ3v) is 2.98. The Kier molecular flexibility index (Phi) is 5.22. The van der Waals surface area contributed by atoms with Gasteiger partial charge in [-0.3, -0.25) is 0 Å². The zero-order valence-electron chi connectivity index (χ0n) is 12.1. The van der Waals surface area contributed by atoms with Crippen molar-refractivity contribution < 1.29 is 13.5 Å². The fraction of sp³-hybridized carbons (Fsp3) is 0.312. The molecule has 1 N–H and O–H groups in total. The molecule has 2 rings (SSSR count). The molecule has 0 saturated carbocycles. The van der Waals surface area contributed by atoms with Crippen LogP contribution in [0.15, 0.2) is 30.5 Å². The van der Waals surface area contributed by atoms with Gasteiger partial charge in [0.25, 0.3) is 0 Å². The van der Waals surface area contributed by atoms with Crippen LogP contribution in [-0.2, 0) is 6.54 Å². The van der Waals surface area contributed by atoms with Crippen LogP contribution in [0.4, 0.5) is 8.78 Å². The van der Waals surface area contributed by atoms with Gasteiger partial charge < -0.3 is 10.1 Å². The highest BCUT2D eigenvalue weighted by atomic mass is 19.1. The average molecular weight is 292 g/mol. The molecule has 0 aliphatic carbocycles. The van der Waals surface area contributed by atoms with Crippen molar-refractivity contribution in [1.29, 1.82) is 0 Å². The molecule has 0 fully saturated rings. The largest absolute Gasteiger partial charge is 0.439 e. The maximum atomic E-state index is 13.3. The number of ether oxygens (including phenoxy) is 1. The van der Waals surface area contributed by atoms with Crippen LogP contribution in [0.25, 0.3) is 0 Å². The van der Waals surface area contributed by atoms with E-state index in [1.165, 1.54) is 18.2 Å². The second-order valence-electron chi connectivity index (χ2n) is 4.81. The van der Waals surface area contributed by atoms with Crippen molar-refractivity contribution in [2.45, 2.75) is 26.8 Å². The molecule has 0 amide bonds. The van der Waals surface area contributed by atoms with E-state index in [0.29, 0.717) is 29.3 Å². The molecule has 3 nitrogen and oxygen atoms in total. The molecule has 0 saturated heterocycles. The number of halogens is 2. The number of nitrogens with zero attached hydrogens (tertiary/aromatic N) is 1. The zero-order chi connectivity index (χ0) is 15.2. The molecule has 0 aliphatic heterocycles. The number of pyridine rings is 1. The van der Waals surface area contributed by atoms with E-state index in [1.807, 2.05) is 0 Å². The number of nitrogens with one attached hydrogen (secondary N) is 1. The Morgan fingerprint density at radius 3 is 2.76 bits per heavy atom. The van der Waals surface area contributed by atoms with Gasteiger partial charge in [-0.2, -0.15) is 0 Å². The lowest BCUT2D eigenvalue weighted by Gasteiger charge is -2.11. The third kappa shape index (κ3) is 4.23. The zero-order valence-corrected chi connectivity index (χ0v) is 12.1. The van der Waals surface area contributed by atoms with E-state index in [-0.39, 0.29) is 5.82 Å². The number of hydrogen-bond donors (Lipinski definition) is 1. The molecule has 0 spiro atoms. The Morgan fingerprint density at radius 2 is 2.05 bits per heavy atom. The predicted molar refractivity (Wildman–Crippen MR) is 77.4 cm³/mol. The fourth-order valence-corrected chi connectivity index (χ4v) is 1.88. The van der Waals surface area contributed by atoms with E-state index in [9.17, 15) is 8.78 Å². The summed E-state index contributed by atoms with van der Waals surface area (Å²) in [4.78, 5) is 3.97. The minimum atomic E-state index is -0.411. The molecule has 0 atom stereocenters. The molecule has 1 heterocycles. The number of benzene rings is 1. The first kappa shape index (κ1) is 15.4. The van der Waals surface area contributed by atoms with Gasteiger partial charge in [0.15, 0.2) is 0 Å². The van der Waals surface area contributed by atoms with Crippen LogP contribution in [0, 0.1) is 18.6 Å². The van der Waals surface area contributed by atoms with Crippen molar-refractivity contribution in [2.75, 3.05) is 6.54 Å². The molecule has 0 aliphatic rings. The van der Waals surface area contributed by atoms with Crippen molar-refractivity contribution in [3.63, 3.8) is 0 Å². The second kappa shape index (κ2) is 7.13. The SMILES string of the molecule is CCCNCc1cc(F)cnc1Oc1ccc(F)c(C)c1. The van der Waals surface area contributed by atoms with Crippen molar-refractivity contribution in [3.05, 3.63) is 53.2 Å². The topological polar surface area (TPSA) is 34.2 Å². The van der Waals surface area contributed by atoms with Gasteiger partial charge in [-0.05, 0) is 49.7 Å². The van der Waals surface area contributed by atoms with Gasteiger partial charge >= 0.3 is 0 Å². The second-order valence-corrected chi connectivity index (χ2v) is 4.81. The van der Waals surface area contributed by atoms with Crippen LogP contribution in [0.3, 0.4) is 0 Å². The summed E-state index contributed by atoms with van der Waals surface area (Å²) in [6.07, 6.45) is 2.09. The number of rotatable bonds is 6. The van der Waals surface area contributed by atoms with E-state index in [4.69, 9.17) is 4.74 Å². The fourth-order valence-electron chi connectivity index (χ4n) is 1.88. The number of hydrogen-bond acceptors (Lipinski definition) is 3. The third-order valence-electron chi connectivity index (χ3n) is 2.98. The molecule has 21 heavy (non-hydrogen) atoms. The first-order chi connectivity index (χ1) is 10.1. The van der Waals surface area contributed by atoms with Crippen molar-refractivity contribution in [1.82, 2.24) is 10.3 Å². The molecule has 0 radical (unpaired) electrons. The summed E-state index contributed by atoms with van der Waals surface area (Å²) in [5.41, 5.74) is 1.12. The van der Waals surface area contributed by atoms with E-state index < -0.39 is 5.82 Å². The molecule has 1 aromatic carbocycles. The Balaban J connectivity index is 2.19. The van der Waals surface area contributed by atoms with E-state index in [2.05, 4.69) is 17.2 Å². The van der Waals surface area contributed by atoms with E-state index in [0.717, 1.165) is 19.2 Å². The van der Waals surface area contributed by atoms with Crippen LogP contribution in [0.1, 0.15) is 24.5 Å². The van der Waals surface area contributed by atoms with Gasteiger partial charge in [-0.25, -0.2) is 13.8 Å². The monoisotopic (exact) mass is 292 g/mol. The standard InChI is InChI=1S/C16H18F2N2O/c1-3-6-19-9-12-8-13(17)10-20-16(12)21-14-4-5-15(18)11(2)7-14/h4-5,7-8,10,19H,3,6,9H2,1-2H3. The molecular formula is C16H18F2N2O. The summed E-state index contributed by atoms with van der Waals surface area (Å²) in [7, 11) is 0. The summed E-state index contributed by atoms with van der Waals surface area (Å²) in [5.74, 6) is 0.0981. The Morgan fingerprint density at radius 1 is 1.24 bits per heavy atom. The lowest BCUT2D eigenvalue weighted by Crippen LogP contribution is -2.15. The highest BCUT2D eigenvalue weighted by molar-refractivity contribution is 5.35. The van der Waals surface area contributed by atoms with Gasteiger partial charge in [0, 0.05) is 12.1 Å². The Hall–Kier alpha value is -2.01. The molecule has 2 aromatic rings. The highest BCUT2D eigenvalue weighted by Crippen LogP contribution is 2.25. The van der Waals surface area contributed by atoms with Gasteiger partial charge in [-0.15, -0.1) is 0 Å². The van der Waals surface area contributed by atoms with Crippen LogP contribution in [0.5, 0.6) is 11.6 Å². The summed E-state index contributed by atoms with van der Waals surface area (Å²) in [6.45, 7) is 5.00. The summed E-state index contributed by atoms with van der Waals surface area (Å²) in [6, 6.07) is 5.84. The first-order valence-electron chi connectivity index (χ1n) is 6.89. The maximum absolute atomic E-state index is 13.3.